The number of aliphatic carboxylic acids is 1. The van der Waals surface area contributed by atoms with Crippen LogP contribution in [0, 0.1) is 0 Å². The molecule has 0 fully saturated rings. The van der Waals surface area contributed by atoms with E-state index in [1.807, 2.05) is 32.0 Å². The predicted octanol–water partition coefficient (Wildman–Crippen LogP) is 1.53. The summed E-state index contributed by atoms with van der Waals surface area (Å²) in [5.74, 6) is -0.0443. The first-order chi connectivity index (χ1) is 7.94. The van der Waals surface area contributed by atoms with Gasteiger partial charge in [0.05, 0.1) is 7.11 Å². The fourth-order valence-corrected chi connectivity index (χ4v) is 2.41. The third-order valence-electron chi connectivity index (χ3n) is 3.24. The molecule has 0 saturated carbocycles. The van der Waals surface area contributed by atoms with E-state index in [1.54, 1.807) is 7.11 Å². The van der Waals surface area contributed by atoms with Crippen LogP contribution in [0.4, 0.5) is 0 Å². The number of carboxylic acids is 1. The summed E-state index contributed by atoms with van der Waals surface area (Å²) in [6, 6.07) is 5.29. The van der Waals surface area contributed by atoms with E-state index in [1.165, 1.54) is 0 Å². The van der Waals surface area contributed by atoms with E-state index in [0.717, 1.165) is 16.9 Å². The van der Waals surface area contributed by atoms with Crippen LogP contribution in [0.5, 0.6) is 5.75 Å². The van der Waals surface area contributed by atoms with Gasteiger partial charge in [-0.3, -0.25) is 10.1 Å². The van der Waals surface area contributed by atoms with Crippen LogP contribution in [-0.4, -0.2) is 24.2 Å². The summed E-state index contributed by atoms with van der Waals surface area (Å²) in [4.78, 5) is 11.1. The van der Waals surface area contributed by atoms with Crippen molar-refractivity contribution in [3.8, 4) is 5.75 Å². The lowest BCUT2D eigenvalue weighted by molar-refractivity contribution is -0.140. The summed E-state index contributed by atoms with van der Waals surface area (Å²) in [6.07, 6.45) is 0.491. The quantitative estimate of drug-likeness (QED) is 0.816. The molecule has 17 heavy (non-hydrogen) atoms. The van der Waals surface area contributed by atoms with Crippen LogP contribution >= 0.6 is 0 Å². The van der Waals surface area contributed by atoms with Gasteiger partial charge in [-0.25, -0.2) is 0 Å². The van der Waals surface area contributed by atoms with Crippen molar-refractivity contribution in [1.82, 2.24) is 5.32 Å². The highest BCUT2D eigenvalue weighted by Gasteiger charge is 2.35. The van der Waals surface area contributed by atoms with Gasteiger partial charge in [-0.15, -0.1) is 0 Å². The predicted molar refractivity (Wildman–Crippen MR) is 64.3 cm³/mol. The van der Waals surface area contributed by atoms with Crippen LogP contribution in [0.2, 0.25) is 0 Å². The molecule has 0 bridgehead atoms. The Bertz CT molecular complexity index is 454. The summed E-state index contributed by atoms with van der Waals surface area (Å²) < 4.78 is 5.18. The van der Waals surface area contributed by atoms with Crippen LogP contribution in [0.1, 0.15) is 25.0 Å². The van der Waals surface area contributed by atoms with Gasteiger partial charge in [-0.2, -0.15) is 0 Å². The molecule has 1 unspecified atom stereocenters. The summed E-state index contributed by atoms with van der Waals surface area (Å²) in [6.45, 7) is 3.99. The van der Waals surface area contributed by atoms with Crippen molar-refractivity contribution in [3.05, 3.63) is 29.3 Å². The third kappa shape index (κ3) is 2.13. The van der Waals surface area contributed by atoms with Gasteiger partial charge in [-0.05, 0) is 43.5 Å². The maximum Gasteiger partial charge on any atom is 0.321 e. The van der Waals surface area contributed by atoms with Gasteiger partial charge >= 0.3 is 5.97 Å². The molecule has 2 N–H and O–H groups in total. The molecular formula is C13H17NO3. The van der Waals surface area contributed by atoms with Crippen LogP contribution < -0.4 is 10.1 Å². The summed E-state index contributed by atoms with van der Waals surface area (Å²) >= 11 is 0. The number of rotatable bonds is 2. The Hall–Kier alpha value is -1.55. The standard InChI is InChI=1S/C13H17NO3/c1-13(2)10-5-4-9(17-3)6-8(10)7-11(14-13)12(15)16/h4-6,11,14H,7H2,1-3H3,(H,15,16). The number of fused-ring (bicyclic) bond motifs is 1. The lowest BCUT2D eigenvalue weighted by Crippen LogP contribution is -2.52. The molecule has 1 atom stereocenters. The van der Waals surface area contributed by atoms with E-state index in [-0.39, 0.29) is 5.54 Å². The smallest absolute Gasteiger partial charge is 0.321 e. The number of carboxylic acid groups (broad SMARTS) is 1. The molecular weight excluding hydrogens is 218 g/mol. The Labute approximate surface area is 101 Å². The third-order valence-corrected chi connectivity index (χ3v) is 3.24. The fourth-order valence-electron chi connectivity index (χ4n) is 2.41. The van der Waals surface area contributed by atoms with E-state index < -0.39 is 12.0 Å². The fraction of sp³-hybridized carbons (Fsp3) is 0.462. The second kappa shape index (κ2) is 4.04. The van der Waals surface area contributed by atoms with Crippen molar-refractivity contribution >= 4 is 5.97 Å². The van der Waals surface area contributed by atoms with Crippen molar-refractivity contribution in [1.29, 1.82) is 0 Å². The highest BCUT2D eigenvalue weighted by molar-refractivity contribution is 5.75. The van der Waals surface area contributed by atoms with E-state index in [0.29, 0.717) is 6.42 Å². The molecule has 2 rings (SSSR count). The maximum atomic E-state index is 11.1. The van der Waals surface area contributed by atoms with E-state index in [9.17, 15) is 4.79 Å². The summed E-state index contributed by atoms with van der Waals surface area (Å²) in [5, 5.41) is 12.3. The molecule has 0 aliphatic carbocycles. The van der Waals surface area contributed by atoms with E-state index in [2.05, 4.69) is 5.32 Å². The second-order valence-corrected chi connectivity index (χ2v) is 4.89. The summed E-state index contributed by atoms with van der Waals surface area (Å²) in [7, 11) is 1.61. The van der Waals surface area contributed by atoms with Gasteiger partial charge in [0.1, 0.15) is 11.8 Å². The molecule has 0 saturated heterocycles. The Balaban J connectivity index is 2.45. The van der Waals surface area contributed by atoms with Crippen molar-refractivity contribution in [3.63, 3.8) is 0 Å². The highest BCUT2D eigenvalue weighted by Crippen LogP contribution is 2.32. The zero-order valence-electron chi connectivity index (χ0n) is 10.3. The first-order valence-electron chi connectivity index (χ1n) is 5.62. The molecule has 1 aromatic rings. The van der Waals surface area contributed by atoms with Crippen LogP contribution in [0.15, 0.2) is 18.2 Å². The minimum absolute atomic E-state index is 0.330. The average molecular weight is 235 g/mol. The Morgan fingerprint density at radius 1 is 1.53 bits per heavy atom. The monoisotopic (exact) mass is 235 g/mol. The van der Waals surface area contributed by atoms with Crippen LogP contribution in [0.25, 0.3) is 0 Å². The molecule has 1 aliphatic rings. The number of hydrogen-bond donors (Lipinski definition) is 2. The molecule has 1 aromatic carbocycles. The minimum Gasteiger partial charge on any atom is -0.497 e. The van der Waals surface area contributed by atoms with Crippen molar-refractivity contribution in [2.75, 3.05) is 7.11 Å². The number of hydrogen-bond acceptors (Lipinski definition) is 3. The van der Waals surface area contributed by atoms with Crippen LogP contribution in [-0.2, 0) is 16.8 Å². The number of methoxy groups -OCH3 is 1. The zero-order chi connectivity index (χ0) is 12.6. The normalized spacial score (nSPS) is 21.7. The number of nitrogens with one attached hydrogen (secondary N) is 1. The van der Waals surface area contributed by atoms with Gasteiger partial charge in [-0.1, -0.05) is 6.07 Å². The highest BCUT2D eigenvalue weighted by atomic mass is 16.5. The number of ether oxygens (including phenoxy) is 1. The van der Waals surface area contributed by atoms with Crippen LogP contribution in [0.3, 0.4) is 0 Å². The Morgan fingerprint density at radius 2 is 2.24 bits per heavy atom. The molecule has 92 valence electrons. The summed E-state index contributed by atoms with van der Waals surface area (Å²) in [5.41, 5.74) is 1.85. The van der Waals surface area contributed by atoms with Crippen molar-refractivity contribution < 1.29 is 14.6 Å². The van der Waals surface area contributed by atoms with Gasteiger partial charge in [0.25, 0.3) is 0 Å². The largest absolute Gasteiger partial charge is 0.497 e. The SMILES string of the molecule is COc1ccc2c(c1)CC(C(=O)O)NC2(C)C. The molecule has 0 aromatic heterocycles. The molecule has 4 heteroatoms. The molecule has 1 aliphatic heterocycles. The lowest BCUT2D eigenvalue weighted by Gasteiger charge is -2.37. The van der Waals surface area contributed by atoms with Gasteiger partial charge < -0.3 is 9.84 Å². The minimum atomic E-state index is -0.813. The zero-order valence-corrected chi connectivity index (χ0v) is 10.3. The molecule has 4 nitrogen and oxygen atoms in total. The molecule has 0 radical (unpaired) electrons. The number of carbonyl (C=O) groups is 1. The van der Waals surface area contributed by atoms with Gasteiger partial charge in [0, 0.05) is 5.54 Å². The molecule has 1 heterocycles. The number of benzene rings is 1. The first kappa shape index (κ1) is 11.9. The van der Waals surface area contributed by atoms with E-state index >= 15 is 0 Å². The second-order valence-electron chi connectivity index (χ2n) is 4.89. The van der Waals surface area contributed by atoms with Gasteiger partial charge in [0.2, 0.25) is 0 Å². The topological polar surface area (TPSA) is 58.6 Å². The maximum absolute atomic E-state index is 11.1. The lowest BCUT2D eigenvalue weighted by atomic mass is 9.82. The first-order valence-corrected chi connectivity index (χ1v) is 5.62. The molecule has 0 spiro atoms. The van der Waals surface area contributed by atoms with Gasteiger partial charge in [0.15, 0.2) is 0 Å². The Morgan fingerprint density at radius 3 is 2.82 bits per heavy atom. The average Bonchev–Trinajstić information content (AvgIpc) is 2.27. The Kier molecular flexibility index (Phi) is 2.83. The van der Waals surface area contributed by atoms with E-state index in [4.69, 9.17) is 9.84 Å². The van der Waals surface area contributed by atoms with Crippen molar-refractivity contribution in [2.24, 2.45) is 0 Å². The van der Waals surface area contributed by atoms with Crippen molar-refractivity contribution in [2.45, 2.75) is 31.8 Å². The molecule has 0 amide bonds.